The van der Waals surface area contributed by atoms with E-state index in [1.165, 1.54) is 0 Å². The zero-order valence-electron chi connectivity index (χ0n) is 7.50. The van der Waals surface area contributed by atoms with E-state index in [0.29, 0.717) is 12.1 Å². The summed E-state index contributed by atoms with van der Waals surface area (Å²) in [4.78, 5) is 15.0. The smallest absolute Gasteiger partial charge is 0.312 e. The highest BCUT2D eigenvalue weighted by atomic mass is 79.9. The molecule has 1 atom stereocenters. The lowest BCUT2D eigenvalue weighted by atomic mass is 10.0. The molecule has 0 aliphatic rings. The number of carbonyl (C=O) groups is 1. The van der Waals surface area contributed by atoms with Crippen molar-refractivity contribution in [3.63, 3.8) is 0 Å². The average molecular weight is 323 g/mol. The second kappa shape index (κ2) is 4.89. The molecule has 0 spiro atoms. The van der Waals surface area contributed by atoms with Crippen LogP contribution in [0.5, 0.6) is 0 Å². The molecule has 1 aromatic heterocycles. The van der Waals surface area contributed by atoms with Gasteiger partial charge in [0.2, 0.25) is 0 Å². The molecule has 76 valence electrons. The summed E-state index contributed by atoms with van der Waals surface area (Å²) in [6.07, 6.45) is 2.13. The molecule has 5 heteroatoms. The van der Waals surface area contributed by atoms with Gasteiger partial charge < -0.3 is 5.11 Å². The predicted molar refractivity (Wildman–Crippen MR) is 60.3 cm³/mol. The van der Waals surface area contributed by atoms with E-state index in [2.05, 4.69) is 36.8 Å². The van der Waals surface area contributed by atoms with E-state index >= 15 is 0 Å². The van der Waals surface area contributed by atoms with Crippen molar-refractivity contribution in [1.82, 2.24) is 4.98 Å². The predicted octanol–water partition coefficient (Wildman–Crippen LogP) is 3.18. The fourth-order valence-electron chi connectivity index (χ4n) is 1.17. The third-order valence-electron chi connectivity index (χ3n) is 1.87. The molecule has 1 unspecified atom stereocenters. The van der Waals surface area contributed by atoms with Gasteiger partial charge in [0.05, 0.1) is 11.6 Å². The molecule has 0 bridgehead atoms. The van der Waals surface area contributed by atoms with E-state index in [9.17, 15) is 4.79 Å². The number of pyridine rings is 1. The van der Waals surface area contributed by atoms with Gasteiger partial charge in [-0.2, -0.15) is 0 Å². The number of hydrogen-bond acceptors (Lipinski definition) is 2. The molecule has 0 aromatic carbocycles. The number of halogens is 2. The number of nitrogens with zero attached hydrogens (tertiary/aromatic N) is 1. The standard InChI is InChI=1S/C9H9Br2NO2/c1-2-6(9(13)14)8-7(11)3-5(10)4-12-8/h3-4,6H,2H2,1H3,(H,13,14). The lowest BCUT2D eigenvalue weighted by Crippen LogP contribution is -2.12. The molecule has 0 saturated carbocycles. The second-order valence-corrected chi connectivity index (χ2v) is 4.59. The molecule has 0 saturated heterocycles. The van der Waals surface area contributed by atoms with Crippen LogP contribution in [0, 0.1) is 0 Å². The van der Waals surface area contributed by atoms with Crippen LogP contribution in [-0.2, 0) is 4.79 Å². The zero-order valence-corrected chi connectivity index (χ0v) is 10.7. The van der Waals surface area contributed by atoms with Crippen molar-refractivity contribution in [2.45, 2.75) is 19.3 Å². The Balaban J connectivity index is 3.10. The first-order valence-corrected chi connectivity index (χ1v) is 5.68. The van der Waals surface area contributed by atoms with Crippen molar-refractivity contribution in [2.24, 2.45) is 0 Å². The fraction of sp³-hybridized carbons (Fsp3) is 0.333. The largest absolute Gasteiger partial charge is 0.481 e. The third kappa shape index (κ3) is 2.54. The minimum atomic E-state index is -0.844. The van der Waals surface area contributed by atoms with Crippen LogP contribution < -0.4 is 0 Å². The first-order valence-electron chi connectivity index (χ1n) is 4.10. The first-order chi connectivity index (χ1) is 6.56. The normalized spacial score (nSPS) is 12.5. The van der Waals surface area contributed by atoms with Crippen molar-refractivity contribution >= 4 is 37.8 Å². The zero-order chi connectivity index (χ0) is 10.7. The minimum Gasteiger partial charge on any atom is -0.481 e. The molecule has 1 heterocycles. The summed E-state index contributed by atoms with van der Waals surface area (Å²) in [5, 5.41) is 8.95. The monoisotopic (exact) mass is 321 g/mol. The van der Waals surface area contributed by atoms with Crippen LogP contribution >= 0.6 is 31.9 Å². The lowest BCUT2D eigenvalue weighted by Gasteiger charge is -2.10. The molecule has 0 fully saturated rings. The summed E-state index contributed by atoms with van der Waals surface area (Å²) in [7, 11) is 0. The number of aliphatic carboxylic acids is 1. The van der Waals surface area contributed by atoms with Crippen LogP contribution in [-0.4, -0.2) is 16.1 Å². The second-order valence-electron chi connectivity index (χ2n) is 2.82. The Kier molecular flexibility index (Phi) is 4.07. The van der Waals surface area contributed by atoms with Crippen LogP contribution in [0.2, 0.25) is 0 Å². The molecule has 1 rings (SSSR count). The van der Waals surface area contributed by atoms with Gasteiger partial charge in [0.15, 0.2) is 0 Å². The highest BCUT2D eigenvalue weighted by Gasteiger charge is 2.21. The molecule has 1 aromatic rings. The number of carboxylic acid groups (broad SMARTS) is 1. The summed E-state index contributed by atoms with van der Waals surface area (Å²) in [5.74, 6) is -1.39. The Morgan fingerprint density at radius 1 is 1.64 bits per heavy atom. The summed E-state index contributed by atoms with van der Waals surface area (Å²) >= 11 is 6.57. The molecular formula is C9H9Br2NO2. The van der Waals surface area contributed by atoms with Gasteiger partial charge in [-0.15, -0.1) is 0 Å². The van der Waals surface area contributed by atoms with Crippen molar-refractivity contribution in [3.05, 3.63) is 26.9 Å². The SMILES string of the molecule is CCC(C(=O)O)c1ncc(Br)cc1Br. The van der Waals surface area contributed by atoms with Crippen LogP contribution in [0.15, 0.2) is 21.2 Å². The van der Waals surface area contributed by atoms with Gasteiger partial charge in [0, 0.05) is 15.1 Å². The van der Waals surface area contributed by atoms with Crippen molar-refractivity contribution in [1.29, 1.82) is 0 Å². The van der Waals surface area contributed by atoms with E-state index in [4.69, 9.17) is 5.11 Å². The Bertz CT molecular complexity index is 355. The van der Waals surface area contributed by atoms with Crippen molar-refractivity contribution in [3.8, 4) is 0 Å². The van der Waals surface area contributed by atoms with Crippen molar-refractivity contribution in [2.75, 3.05) is 0 Å². The van der Waals surface area contributed by atoms with Crippen LogP contribution in [0.3, 0.4) is 0 Å². The number of hydrogen-bond donors (Lipinski definition) is 1. The Morgan fingerprint density at radius 2 is 2.29 bits per heavy atom. The maximum atomic E-state index is 10.9. The molecular weight excluding hydrogens is 314 g/mol. The summed E-state index contributed by atoms with van der Waals surface area (Å²) in [6.45, 7) is 1.83. The number of rotatable bonds is 3. The maximum Gasteiger partial charge on any atom is 0.312 e. The van der Waals surface area contributed by atoms with Gasteiger partial charge in [0.1, 0.15) is 0 Å². The molecule has 0 aliphatic heterocycles. The molecule has 0 amide bonds. The number of carboxylic acids is 1. The molecule has 0 aliphatic carbocycles. The average Bonchev–Trinajstić information content (AvgIpc) is 2.09. The van der Waals surface area contributed by atoms with Gasteiger partial charge in [-0.25, -0.2) is 0 Å². The van der Waals surface area contributed by atoms with E-state index in [1.54, 1.807) is 12.3 Å². The van der Waals surface area contributed by atoms with Gasteiger partial charge in [0.25, 0.3) is 0 Å². The van der Waals surface area contributed by atoms with Crippen LogP contribution in [0.4, 0.5) is 0 Å². The van der Waals surface area contributed by atoms with E-state index in [-0.39, 0.29) is 0 Å². The van der Waals surface area contributed by atoms with Gasteiger partial charge in [-0.05, 0) is 44.3 Å². The minimum absolute atomic E-state index is 0.530. The Labute approximate surface area is 98.8 Å². The quantitative estimate of drug-likeness (QED) is 0.929. The fourth-order valence-corrected chi connectivity index (χ4v) is 2.43. The van der Waals surface area contributed by atoms with Crippen LogP contribution in [0.25, 0.3) is 0 Å². The maximum absolute atomic E-state index is 10.9. The number of aromatic nitrogens is 1. The van der Waals surface area contributed by atoms with E-state index in [0.717, 1.165) is 8.95 Å². The van der Waals surface area contributed by atoms with Gasteiger partial charge in [-0.3, -0.25) is 9.78 Å². The Hall–Kier alpha value is -0.420. The summed E-state index contributed by atoms with van der Waals surface area (Å²) < 4.78 is 1.55. The molecule has 3 nitrogen and oxygen atoms in total. The van der Waals surface area contributed by atoms with Gasteiger partial charge in [-0.1, -0.05) is 6.92 Å². The highest BCUT2D eigenvalue weighted by molar-refractivity contribution is 9.11. The van der Waals surface area contributed by atoms with E-state index < -0.39 is 11.9 Å². The third-order valence-corrected chi connectivity index (χ3v) is 2.94. The van der Waals surface area contributed by atoms with Crippen molar-refractivity contribution < 1.29 is 9.90 Å². The Morgan fingerprint density at radius 3 is 2.71 bits per heavy atom. The van der Waals surface area contributed by atoms with Gasteiger partial charge >= 0.3 is 5.97 Å². The topological polar surface area (TPSA) is 50.2 Å². The summed E-state index contributed by atoms with van der Waals surface area (Å²) in [6, 6.07) is 1.80. The molecule has 14 heavy (non-hydrogen) atoms. The summed E-state index contributed by atoms with van der Waals surface area (Å²) in [5.41, 5.74) is 0.572. The lowest BCUT2D eigenvalue weighted by molar-refractivity contribution is -0.139. The highest BCUT2D eigenvalue weighted by Crippen LogP contribution is 2.27. The molecule has 0 radical (unpaired) electrons. The molecule has 1 N–H and O–H groups in total. The van der Waals surface area contributed by atoms with E-state index in [1.807, 2.05) is 6.92 Å². The van der Waals surface area contributed by atoms with Crippen LogP contribution in [0.1, 0.15) is 25.0 Å². The first kappa shape index (κ1) is 11.7.